The van der Waals surface area contributed by atoms with Gasteiger partial charge in [0.05, 0.1) is 11.1 Å². The quantitative estimate of drug-likeness (QED) is 0.713. The van der Waals surface area contributed by atoms with Gasteiger partial charge in [-0.05, 0) is 16.8 Å². The maximum atomic E-state index is 11.1. The number of hydrogen-bond donors (Lipinski definition) is 3. The van der Waals surface area contributed by atoms with Crippen molar-refractivity contribution in [2.24, 2.45) is 0 Å². The van der Waals surface area contributed by atoms with Gasteiger partial charge in [-0.3, -0.25) is 4.79 Å². The topological polar surface area (TPSA) is 112 Å². The first-order chi connectivity index (χ1) is 9.02. The third-order valence-electron chi connectivity index (χ3n) is 2.37. The van der Waals surface area contributed by atoms with Crippen LogP contribution in [0.15, 0.2) is 36.4 Å². The smallest absolute Gasteiger partial charge is 0.337 e. The molecule has 2 aromatic carbocycles. The summed E-state index contributed by atoms with van der Waals surface area (Å²) in [6.07, 6.45) is 0. The zero-order chi connectivity index (χ0) is 14.4. The fourth-order valence-electron chi connectivity index (χ4n) is 1.68. The Balaban J connectivity index is 0.000000550. The van der Waals surface area contributed by atoms with Crippen LogP contribution in [0.5, 0.6) is 0 Å². The minimum absolute atomic E-state index is 0.161. The molecule has 6 heteroatoms. The largest absolute Gasteiger partial charge is 0.483 e. The highest BCUT2D eigenvalue weighted by atomic mass is 16.4. The monoisotopic (exact) mass is 262 g/mol. The van der Waals surface area contributed by atoms with Crippen molar-refractivity contribution >= 4 is 29.2 Å². The second-order valence-electron chi connectivity index (χ2n) is 3.42. The van der Waals surface area contributed by atoms with E-state index in [1.807, 2.05) is 0 Å². The minimum Gasteiger partial charge on any atom is -0.483 e. The summed E-state index contributed by atoms with van der Waals surface area (Å²) >= 11 is 0. The predicted octanol–water partition coefficient (Wildman–Crippen LogP) is 1.94. The van der Waals surface area contributed by atoms with Crippen molar-refractivity contribution in [2.45, 2.75) is 0 Å². The van der Waals surface area contributed by atoms with Crippen molar-refractivity contribution in [2.75, 3.05) is 0 Å². The van der Waals surface area contributed by atoms with Crippen molar-refractivity contribution in [3.63, 3.8) is 0 Å². The van der Waals surface area contributed by atoms with E-state index >= 15 is 0 Å². The van der Waals surface area contributed by atoms with Crippen LogP contribution in [0.3, 0.4) is 0 Å². The molecule has 0 fully saturated rings. The van der Waals surface area contributed by atoms with Crippen molar-refractivity contribution in [1.29, 1.82) is 0 Å². The molecule has 0 bridgehead atoms. The molecular weight excluding hydrogens is 252 g/mol. The molecule has 2 rings (SSSR count). The minimum atomic E-state index is -1.23. The van der Waals surface area contributed by atoms with Gasteiger partial charge in [0.15, 0.2) is 0 Å². The molecule has 19 heavy (non-hydrogen) atoms. The number of hydrogen-bond acceptors (Lipinski definition) is 3. The van der Waals surface area contributed by atoms with Crippen LogP contribution in [-0.2, 0) is 4.79 Å². The molecule has 0 saturated heterocycles. The molecule has 0 radical (unpaired) electrons. The molecule has 0 unspecified atom stereocenters. The summed E-state index contributed by atoms with van der Waals surface area (Å²) in [5.41, 5.74) is -0.350. The maximum absolute atomic E-state index is 11.1. The number of carboxylic acid groups (broad SMARTS) is 3. The molecule has 2 aromatic rings. The zero-order valence-electron chi connectivity index (χ0n) is 9.61. The van der Waals surface area contributed by atoms with Gasteiger partial charge in [-0.15, -0.1) is 0 Å². The SMILES string of the molecule is O=C(O)c1ccc2ccccc2c1C(=O)O.O=CO. The summed E-state index contributed by atoms with van der Waals surface area (Å²) in [5, 5.41) is 26.0. The molecule has 0 saturated carbocycles. The zero-order valence-corrected chi connectivity index (χ0v) is 9.61. The Hall–Kier alpha value is -2.89. The Morgan fingerprint density at radius 1 is 0.947 bits per heavy atom. The van der Waals surface area contributed by atoms with E-state index in [9.17, 15) is 9.59 Å². The van der Waals surface area contributed by atoms with E-state index in [2.05, 4.69) is 0 Å². The molecular formula is C13H10O6. The molecule has 98 valence electrons. The molecule has 0 aliphatic rings. The Kier molecular flexibility index (Phi) is 4.59. The standard InChI is InChI=1S/C12H8O4.CH2O2/c13-11(14)9-6-5-7-3-1-2-4-8(7)10(9)12(15)16;2-1-3/h1-6H,(H,13,14)(H,15,16);1H,(H,2,3). The summed E-state index contributed by atoms with van der Waals surface area (Å²) in [4.78, 5) is 30.3. The van der Waals surface area contributed by atoms with E-state index in [-0.39, 0.29) is 17.6 Å². The average molecular weight is 262 g/mol. The summed E-state index contributed by atoms with van der Waals surface area (Å²) in [7, 11) is 0. The molecule has 0 heterocycles. The van der Waals surface area contributed by atoms with Crippen LogP contribution in [0.1, 0.15) is 20.7 Å². The highest BCUT2D eigenvalue weighted by Crippen LogP contribution is 2.22. The maximum Gasteiger partial charge on any atom is 0.337 e. The van der Waals surface area contributed by atoms with Crippen LogP contribution < -0.4 is 0 Å². The molecule has 0 spiro atoms. The first-order valence-corrected chi connectivity index (χ1v) is 5.09. The Morgan fingerprint density at radius 2 is 1.53 bits per heavy atom. The second-order valence-corrected chi connectivity index (χ2v) is 3.42. The Morgan fingerprint density at radius 3 is 2.05 bits per heavy atom. The van der Waals surface area contributed by atoms with Crippen molar-refractivity contribution < 1.29 is 29.7 Å². The summed E-state index contributed by atoms with van der Waals surface area (Å²) < 4.78 is 0. The Labute approximate surface area is 107 Å². The lowest BCUT2D eigenvalue weighted by molar-refractivity contribution is -0.122. The number of benzene rings is 2. The lowest BCUT2D eigenvalue weighted by Gasteiger charge is -2.05. The van der Waals surface area contributed by atoms with E-state index < -0.39 is 11.9 Å². The van der Waals surface area contributed by atoms with E-state index in [1.165, 1.54) is 6.07 Å². The van der Waals surface area contributed by atoms with Gasteiger partial charge in [-0.25, -0.2) is 9.59 Å². The summed E-state index contributed by atoms with van der Waals surface area (Å²) in [5.74, 6) is -2.46. The van der Waals surface area contributed by atoms with Crippen molar-refractivity contribution in [3.8, 4) is 0 Å². The number of carboxylic acids is 2. The van der Waals surface area contributed by atoms with Crippen molar-refractivity contribution in [1.82, 2.24) is 0 Å². The van der Waals surface area contributed by atoms with Gasteiger partial charge in [0.1, 0.15) is 0 Å². The van der Waals surface area contributed by atoms with Gasteiger partial charge in [0, 0.05) is 0 Å². The van der Waals surface area contributed by atoms with E-state index in [1.54, 1.807) is 30.3 Å². The molecule has 3 N–H and O–H groups in total. The van der Waals surface area contributed by atoms with Gasteiger partial charge >= 0.3 is 11.9 Å². The Bertz CT molecular complexity index is 632. The third kappa shape index (κ3) is 3.06. The van der Waals surface area contributed by atoms with Crippen LogP contribution in [-0.4, -0.2) is 33.7 Å². The molecule has 0 aliphatic heterocycles. The van der Waals surface area contributed by atoms with Crippen LogP contribution in [0.2, 0.25) is 0 Å². The van der Waals surface area contributed by atoms with Crippen LogP contribution in [0.4, 0.5) is 0 Å². The second kappa shape index (κ2) is 6.15. The average Bonchev–Trinajstić information content (AvgIpc) is 2.37. The number of aromatic carboxylic acids is 2. The van der Waals surface area contributed by atoms with Crippen LogP contribution in [0.25, 0.3) is 10.8 Å². The molecule has 0 aliphatic carbocycles. The van der Waals surface area contributed by atoms with Gasteiger partial charge in [-0.2, -0.15) is 0 Å². The highest BCUT2D eigenvalue weighted by molar-refractivity contribution is 6.11. The van der Waals surface area contributed by atoms with Gasteiger partial charge in [0.25, 0.3) is 6.47 Å². The predicted molar refractivity (Wildman–Crippen MR) is 66.6 cm³/mol. The fourth-order valence-corrected chi connectivity index (χ4v) is 1.68. The number of rotatable bonds is 2. The molecule has 0 atom stereocenters. The number of carbonyl (C=O) groups is 3. The number of fused-ring (bicyclic) bond motifs is 1. The van der Waals surface area contributed by atoms with E-state index in [0.717, 1.165) is 0 Å². The normalized spacial score (nSPS) is 9.26. The van der Waals surface area contributed by atoms with Crippen LogP contribution in [0, 0.1) is 0 Å². The molecule has 0 amide bonds. The summed E-state index contributed by atoms with van der Waals surface area (Å²) in [6.45, 7) is -0.250. The van der Waals surface area contributed by atoms with E-state index in [4.69, 9.17) is 20.1 Å². The lowest BCUT2D eigenvalue weighted by Crippen LogP contribution is -2.08. The summed E-state index contributed by atoms with van der Waals surface area (Å²) in [6, 6.07) is 9.72. The van der Waals surface area contributed by atoms with Gasteiger partial charge in [0.2, 0.25) is 0 Å². The third-order valence-corrected chi connectivity index (χ3v) is 2.37. The lowest BCUT2D eigenvalue weighted by atomic mass is 9.99. The fraction of sp³-hybridized carbons (Fsp3) is 0. The van der Waals surface area contributed by atoms with Crippen molar-refractivity contribution in [3.05, 3.63) is 47.5 Å². The first-order valence-electron chi connectivity index (χ1n) is 5.09. The van der Waals surface area contributed by atoms with E-state index in [0.29, 0.717) is 10.8 Å². The molecule has 0 aromatic heterocycles. The molecule has 6 nitrogen and oxygen atoms in total. The van der Waals surface area contributed by atoms with Gasteiger partial charge < -0.3 is 15.3 Å². The first kappa shape index (κ1) is 14.2. The highest BCUT2D eigenvalue weighted by Gasteiger charge is 2.18. The van der Waals surface area contributed by atoms with Gasteiger partial charge in [-0.1, -0.05) is 30.3 Å². The van der Waals surface area contributed by atoms with Crippen LogP contribution >= 0.6 is 0 Å².